The number of rotatable bonds is 6. The Morgan fingerprint density at radius 2 is 1.70 bits per heavy atom. The van der Waals surface area contributed by atoms with E-state index in [1.165, 1.54) is 0 Å². The summed E-state index contributed by atoms with van der Waals surface area (Å²) in [6.07, 6.45) is 1.11. The average molecular weight is 435 g/mol. The van der Waals surface area contributed by atoms with Crippen molar-refractivity contribution in [3.63, 3.8) is 0 Å². The van der Waals surface area contributed by atoms with Crippen LogP contribution in [0.2, 0.25) is 0 Å². The molecule has 1 aliphatic heterocycles. The quantitative estimate of drug-likeness (QED) is 0.755. The summed E-state index contributed by atoms with van der Waals surface area (Å²) in [5.41, 5.74) is 4.90. The highest BCUT2D eigenvalue weighted by Gasteiger charge is 2.23. The zero-order chi connectivity index (χ0) is 21.0. The number of benzene rings is 1. The minimum Gasteiger partial charge on any atom is -0.361 e. The number of aromatic nitrogens is 1. The molecule has 0 unspecified atom stereocenters. The number of halogens is 1. The molecule has 1 N–H and O–H groups in total. The van der Waals surface area contributed by atoms with Crippen molar-refractivity contribution >= 4 is 29.9 Å². The van der Waals surface area contributed by atoms with Crippen LogP contribution < -0.4 is 5.32 Å². The molecule has 2 aromatic rings. The largest absolute Gasteiger partial charge is 0.361 e. The molecule has 1 saturated heterocycles. The lowest BCUT2D eigenvalue weighted by Crippen LogP contribution is -2.50. The Hall–Kier alpha value is -2.38. The van der Waals surface area contributed by atoms with E-state index in [4.69, 9.17) is 4.52 Å². The molecule has 1 aromatic heterocycles. The molecule has 0 saturated carbocycles. The topological polar surface area (TPSA) is 78.7 Å². The van der Waals surface area contributed by atoms with Crippen LogP contribution in [0.5, 0.6) is 0 Å². The van der Waals surface area contributed by atoms with Gasteiger partial charge in [-0.15, -0.1) is 12.4 Å². The Morgan fingerprint density at radius 3 is 2.27 bits per heavy atom. The summed E-state index contributed by atoms with van der Waals surface area (Å²) < 4.78 is 5.16. The summed E-state index contributed by atoms with van der Waals surface area (Å²) in [6, 6.07) is 5.98. The van der Waals surface area contributed by atoms with Gasteiger partial charge in [-0.25, -0.2) is 0 Å². The van der Waals surface area contributed by atoms with Gasteiger partial charge in [0.1, 0.15) is 5.76 Å². The van der Waals surface area contributed by atoms with Crippen molar-refractivity contribution in [2.75, 3.05) is 38.0 Å². The van der Waals surface area contributed by atoms with Gasteiger partial charge < -0.3 is 14.7 Å². The maximum absolute atomic E-state index is 12.5. The standard InChI is InChI=1S/C22H30N4O3.ClH/c1-15-6-5-7-16(2)22(15)23-20(27)14-25-10-12-26(13-11-25)21(28)9-8-19-17(3)24-29-18(19)4;/h5-7H,8-14H2,1-4H3,(H,23,27);1H. The third-order valence-electron chi connectivity index (χ3n) is 5.61. The lowest BCUT2D eigenvalue weighted by molar-refractivity contribution is -0.133. The monoisotopic (exact) mass is 434 g/mol. The zero-order valence-electron chi connectivity index (χ0n) is 18.2. The van der Waals surface area contributed by atoms with E-state index in [9.17, 15) is 9.59 Å². The van der Waals surface area contributed by atoms with Crippen LogP contribution in [0.3, 0.4) is 0 Å². The predicted molar refractivity (Wildman–Crippen MR) is 119 cm³/mol. The Morgan fingerprint density at radius 1 is 1.07 bits per heavy atom. The maximum Gasteiger partial charge on any atom is 0.238 e. The molecule has 7 nitrogen and oxygen atoms in total. The lowest BCUT2D eigenvalue weighted by atomic mass is 10.1. The number of carbonyl (C=O) groups excluding carboxylic acids is 2. The van der Waals surface area contributed by atoms with E-state index in [0.29, 0.717) is 45.6 Å². The van der Waals surface area contributed by atoms with Gasteiger partial charge in [-0.05, 0) is 45.2 Å². The van der Waals surface area contributed by atoms with Crippen molar-refractivity contribution in [1.82, 2.24) is 15.0 Å². The Kier molecular flexibility index (Phi) is 8.43. The molecule has 2 heterocycles. The highest BCUT2D eigenvalue weighted by molar-refractivity contribution is 5.93. The van der Waals surface area contributed by atoms with Crippen molar-refractivity contribution in [1.29, 1.82) is 0 Å². The first-order valence-corrected chi connectivity index (χ1v) is 10.1. The van der Waals surface area contributed by atoms with Crippen LogP contribution in [0, 0.1) is 27.7 Å². The fourth-order valence-corrected chi connectivity index (χ4v) is 3.80. The molecule has 0 radical (unpaired) electrons. The molecular formula is C22H31ClN4O3. The van der Waals surface area contributed by atoms with Crippen molar-refractivity contribution < 1.29 is 14.1 Å². The van der Waals surface area contributed by atoms with Gasteiger partial charge >= 0.3 is 0 Å². The fraction of sp³-hybridized carbons (Fsp3) is 0.500. The maximum atomic E-state index is 12.5. The number of hydrogen-bond donors (Lipinski definition) is 1. The van der Waals surface area contributed by atoms with E-state index in [1.807, 2.05) is 50.8 Å². The molecular weight excluding hydrogens is 404 g/mol. The van der Waals surface area contributed by atoms with Gasteiger partial charge in [0, 0.05) is 43.9 Å². The molecule has 164 valence electrons. The number of nitrogens with zero attached hydrogens (tertiary/aromatic N) is 3. The zero-order valence-corrected chi connectivity index (χ0v) is 19.0. The van der Waals surface area contributed by atoms with Crippen molar-refractivity contribution in [3.8, 4) is 0 Å². The number of hydrogen-bond acceptors (Lipinski definition) is 5. The van der Waals surface area contributed by atoms with Crippen LogP contribution in [-0.4, -0.2) is 59.5 Å². The molecule has 8 heteroatoms. The first-order valence-electron chi connectivity index (χ1n) is 10.1. The van der Waals surface area contributed by atoms with E-state index >= 15 is 0 Å². The van der Waals surface area contributed by atoms with E-state index in [1.54, 1.807) is 0 Å². The van der Waals surface area contributed by atoms with Crippen LogP contribution in [0.25, 0.3) is 0 Å². The van der Waals surface area contributed by atoms with Gasteiger partial charge in [-0.3, -0.25) is 14.5 Å². The molecule has 30 heavy (non-hydrogen) atoms. The van der Waals surface area contributed by atoms with Crippen LogP contribution in [0.1, 0.15) is 34.6 Å². The van der Waals surface area contributed by atoms with E-state index < -0.39 is 0 Å². The van der Waals surface area contributed by atoms with Crippen molar-refractivity contribution in [3.05, 3.63) is 46.3 Å². The minimum absolute atomic E-state index is 0. The van der Waals surface area contributed by atoms with E-state index in [2.05, 4.69) is 15.4 Å². The number of piperazine rings is 1. The number of nitrogens with one attached hydrogen (secondary N) is 1. The van der Waals surface area contributed by atoms with Crippen molar-refractivity contribution in [2.45, 2.75) is 40.5 Å². The summed E-state index contributed by atoms with van der Waals surface area (Å²) in [7, 11) is 0. The molecule has 1 fully saturated rings. The fourth-order valence-electron chi connectivity index (χ4n) is 3.80. The Balaban J connectivity index is 0.00000320. The van der Waals surface area contributed by atoms with Gasteiger partial charge in [0.15, 0.2) is 0 Å². The normalized spacial score (nSPS) is 14.3. The minimum atomic E-state index is -0.0133. The Bertz CT molecular complexity index is 849. The van der Waals surface area contributed by atoms with Crippen LogP contribution in [-0.2, 0) is 16.0 Å². The molecule has 1 aromatic carbocycles. The van der Waals surface area contributed by atoms with Crippen LogP contribution >= 0.6 is 12.4 Å². The van der Waals surface area contributed by atoms with Crippen LogP contribution in [0.4, 0.5) is 5.69 Å². The highest BCUT2D eigenvalue weighted by atomic mass is 35.5. The van der Waals surface area contributed by atoms with E-state index in [-0.39, 0.29) is 24.2 Å². The van der Waals surface area contributed by atoms with Gasteiger partial charge in [0.2, 0.25) is 11.8 Å². The third-order valence-corrected chi connectivity index (χ3v) is 5.61. The predicted octanol–water partition coefficient (Wildman–Crippen LogP) is 3.05. The molecule has 0 atom stereocenters. The molecule has 0 bridgehead atoms. The summed E-state index contributed by atoms with van der Waals surface area (Å²) in [5, 5.41) is 6.97. The van der Waals surface area contributed by atoms with Gasteiger partial charge in [-0.2, -0.15) is 0 Å². The second kappa shape index (κ2) is 10.6. The summed E-state index contributed by atoms with van der Waals surface area (Å²) in [5.74, 6) is 0.917. The lowest BCUT2D eigenvalue weighted by Gasteiger charge is -2.34. The van der Waals surface area contributed by atoms with Crippen LogP contribution in [0.15, 0.2) is 22.7 Å². The summed E-state index contributed by atoms with van der Waals surface area (Å²) >= 11 is 0. The second-order valence-corrected chi connectivity index (χ2v) is 7.77. The highest BCUT2D eigenvalue weighted by Crippen LogP contribution is 2.19. The average Bonchev–Trinajstić information content (AvgIpc) is 3.01. The number of aryl methyl sites for hydroxylation is 4. The molecule has 3 rings (SSSR count). The SMILES string of the molecule is Cc1cccc(C)c1NC(=O)CN1CCN(C(=O)CCc2c(C)noc2C)CC1.Cl. The van der Waals surface area contributed by atoms with E-state index in [0.717, 1.165) is 33.8 Å². The first-order chi connectivity index (χ1) is 13.8. The van der Waals surface area contributed by atoms with Gasteiger partial charge in [0.25, 0.3) is 0 Å². The molecule has 1 aliphatic rings. The molecule has 0 spiro atoms. The van der Waals surface area contributed by atoms with Crippen molar-refractivity contribution in [2.24, 2.45) is 0 Å². The van der Waals surface area contributed by atoms with Gasteiger partial charge in [0.05, 0.1) is 12.2 Å². The number of amides is 2. The number of anilines is 1. The third kappa shape index (κ3) is 5.83. The number of carbonyl (C=O) groups is 2. The summed E-state index contributed by atoms with van der Waals surface area (Å²) in [6.45, 7) is 10.8. The van der Waals surface area contributed by atoms with Gasteiger partial charge in [-0.1, -0.05) is 23.4 Å². The first kappa shape index (κ1) is 23.9. The molecule has 0 aliphatic carbocycles. The second-order valence-electron chi connectivity index (χ2n) is 7.77. The number of para-hydroxylation sites is 1. The molecule has 2 amide bonds. The summed E-state index contributed by atoms with van der Waals surface area (Å²) in [4.78, 5) is 29.0. The Labute approximate surface area is 184 Å². The smallest absolute Gasteiger partial charge is 0.238 e.